The van der Waals surface area contributed by atoms with E-state index in [-0.39, 0.29) is 5.69 Å². The number of nitriles is 1. The van der Waals surface area contributed by atoms with Crippen LogP contribution in [0.15, 0.2) is 18.3 Å². The zero-order valence-electron chi connectivity index (χ0n) is 10.9. The molecule has 100 valence electrons. The highest BCUT2D eigenvalue weighted by molar-refractivity contribution is 5.83. The van der Waals surface area contributed by atoms with Gasteiger partial charge in [0, 0.05) is 6.20 Å². The Labute approximate surface area is 112 Å². The van der Waals surface area contributed by atoms with Gasteiger partial charge in [-0.2, -0.15) is 5.26 Å². The van der Waals surface area contributed by atoms with Crippen molar-refractivity contribution in [3.63, 3.8) is 0 Å². The first-order valence-electron chi connectivity index (χ1n) is 6.44. The van der Waals surface area contributed by atoms with Gasteiger partial charge in [0.15, 0.2) is 5.69 Å². The fourth-order valence-electron chi connectivity index (χ4n) is 2.50. The van der Waals surface area contributed by atoms with Crippen molar-refractivity contribution in [1.82, 2.24) is 4.98 Å². The first-order valence-corrected chi connectivity index (χ1v) is 6.44. The van der Waals surface area contributed by atoms with Gasteiger partial charge in [-0.25, -0.2) is 9.78 Å². The normalized spacial score (nSPS) is 26.4. The summed E-state index contributed by atoms with van der Waals surface area (Å²) < 4.78 is 0. The number of hydrogen-bond donors (Lipinski definition) is 2. The van der Waals surface area contributed by atoms with Crippen LogP contribution >= 0.6 is 0 Å². The summed E-state index contributed by atoms with van der Waals surface area (Å²) in [6, 6.07) is 5.38. The summed E-state index contributed by atoms with van der Waals surface area (Å²) >= 11 is 0. The number of carboxylic acids is 1. The molecule has 0 unspecified atom stereocenters. The van der Waals surface area contributed by atoms with Crippen LogP contribution in [0.2, 0.25) is 0 Å². The van der Waals surface area contributed by atoms with Gasteiger partial charge in [-0.15, -0.1) is 0 Å². The molecule has 1 saturated carbocycles. The molecule has 0 atom stereocenters. The summed E-state index contributed by atoms with van der Waals surface area (Å²) in [5.74, 6) is -0.300. The average molecular weight is 259 g/mol. The Hall–Kier alpha value is -2.09. The highest BCUT2D eigenvalue weighted by atomic mass is 16.4. The minimum absolute atomic E-state index is 0.238. The second-order valence-corrected chi connectivity index (χ2v) is 5.21. The number of carbonyl (C=O) groups is 1. The predicted molar refractivity (Wildman–Crippen MR) is 70.6 cm³/mol. The van der Waals surface area contributed by atoms with Crippen LogP contribution in [0.25, 0.3) is 0 Å². The Morgan fingerprint density at radius 3 is 2.84 bits per heavy atom. The molecule has 2 N–H and O–H groups in total. The van der Waals surface area contributed by atoms with Crippen LogP contribution in [-0.4, -0.2) is 21.6 Å². The molecule has 0 radical (unpaired) electrons. The van der Waals surface area contributed by atoms with Gasteiger partial charge < -0.3 is 10.4 Å². The van der Waals surface area contributed by atoms with Crippen LogP contribution < -0.4 is 5.32 Å². The van der Waals surface area contributed by atoms with Gasteiger partial charge in [0.2, 0.25) is 0 Å². The summed E-state index contributed by atoms with van der Waals surface area (Å²) in [5, 5.41) is 21.6. The molecule has 1 aliphatic carbocycles. The minimum Gasteiger partial charge on any atom is -0.480 e. The monoisotopic (exact) mass is 259 g/mol. The third-order valence-corrected chi connectivity index (χ3v) is 3.82. The average Bonchev–Trinajstić information content (AvgIpc) is 2.42. The van der Waals surface area contributed by atoms with Crippen molar-refractivity contribution in [3.8, 4) is 6.07 Å². The van der Waals surface area contributed by atoms with Gasteiger partial charge in [-0.1, -0.05) is 6.92 Å². The SMILES string of the molecule is CC1CCC(Nc2cccnc2C#N)(C(=O)O)CC1. The standard InChI is InChI=1S/C14H17N3O2/c1-10-4-6-14(7-5-10,13(18)19)17-11-3-2-8-16-12(11)9-15/h2-3,8,10,17H,4-7H2,1H3,(H,18,19). The topological polar surface area (TPSA) is 86.0 Å². The second kappa shape index (κ2) is 5.27. The number of pyridine rings is 1. The summed E-state index contributed by atoms with van der Waals surface area (Å²) in [6.07, 6.45) is 4.43. The van der Waals surface area contributed by atoms with E-state index in [0.717, 1.165) is 12.8 Å². The molecule has 5 heteroatoms. The second-order valence-electron chi connectivity index (χ2n) is 5.21. The number of rotatable bonds is 3. The molecule has 0 bridgehead atoms. The van der Waals surface area contributed by atoms with Crippen LogP contribution in [0.1, 0.15) is 38.3 Å². The van der Waals surface area contributed by atoms with E-state index < -0.39 is 11.5 Å². The van der Waals surface area contributed by atoms with Crippen LogP contribution in [0, 0.1) is 17.2 Å². The molecule has 2 rings (SSSR count). The molecule has 19 heavy (non-hydrogen) atoms. The Bertz CT molecular complexity index is 514. The lowest BCUT2D eigenvalue weighted by Gasteiger charge is -2.37. The summed E-state index contributed by atoms with van der Waals surface area (Å²) in [4.78, 5) is 15.6. The molecular formula is C14H17N3O2. The molecule has 1 aromatic heterocycles. The maximum absolute atomic E-state index is 11.6. The maximum atomic E-state index is 11.6. The van der Waals surface area contributed by atoms with Crippen LogP contribution in [0.3, 0.4) is 0 Å². The Kier molecular flexibility index (Phi) is 3.70. The fourth-order valence-corrected chi connectivity index (χ4v) is 2.50. The van der Waals surface area contributed by atoms with Crippen molar-refractivity contribution in [2.45, 2.75) is 38.1 Å². The van der Waals surface area contributed by atoms with E-state index in [9.17, 15) is 9.90 Å². The van der Waals surface area contributed by atoms with Crippen molar-refractivity contribution in [2.24, 2.45) is 5.92 Å². The maximum Gasteiger partial charge on any atom is 0.329 e. The highest BCUT2D eigenvalue weighted by Crippen LogP contribution is 2.35. The molecular weight excluding hydrogens is 242 g/mol. The number of nitrogens with zero attached hydrogens (tertiary/aromatic N) is 2. The number of hydrogen-bond acceptors (Lipinski definition) is 4. The highest BCUT2D eigenvalue weighted by Gasteiger charge is 2.41. The zero-order chi connectivity index (χ0) is 13.9. The van der Waals surface area contributed by atoms with Crippen LogP contribution in [-0.2, 0) is 4.79 Å². The van der Waals surface area contributed by atoms with E-state index in [0.29, 0.717) is 24.4 Å². The van der Waals surface area contributed by atoms with Crippen LogP contribution in [0.5, 0.6) is 0 Å². The first-order chi connectivity index (χ1) is 9.07. The summed E-state index contributed by atoms with van der Waals surface area (Å²) in [5.41, 5.74) is -0.232. The van der Waals surface area contributed by atoms with Crippen molar-refractivity contribution < 1.29 is 9.90 Å². The van der Waals surface area contributed by atoms with E-state index in [1.165, 1.54) is 6.20 Å². The van der Waals surface area contributed by atoms with Gasteiger partial charge in [-0.3, -0.25) is 0 Å². The first kappa shape index (κ1) is 13.3. The molecule has 1 aromatic rings. The number of aliphatic carboxylic acids is 1. The van der Waals surface area contributed by atoms with Crippen molar-refractivity contribution in [2.75, 3.05) is 5.32 Å². The van der Waals surface area contributed by atoms with E-state index in [4.69, 9.17) is 5.26 Å². The molecule has 5 nitrogen and oxygen atoms in total. The fraction of sp³-hybridized carbons (Fsp3) is 0.500. The predicted octanol–water partition coefficient (Wildman–Crippen LogP) is 2.40. The lowest BCUT2D eigenvalue weighted by molar-refractivity contribution is -0.143. The van der Waals surface area contributed by atoms with Gasteiger partial charge in [0.05, 0.1) is 5.69 Å². The summed E-state index contributed by atoms with van der Waals surface area (Å²) in [7, 11) is 0. The number of aromatic nitrogens is 1. The number of nitrogens with one attached hydrogen (secondary N) is 1. The number of anilines is 1. The van der Waals surface area contributed by atoms with E-state index >= 15 is 0 Å². The molecule has 0 saturated heterocycles. The van der Waals surface area contributed by atoms with Gasteiger partial charge in [-0.05, 0) is 43.7 Å². The molecule has 1 aliphatic rings. The molecule has 0 spiro atoms. The van der Waals surface area contributed by atoms with Crippen molar-refractivity contribution in [3.05, 3.63) is 24.0 Å². The third-order valence-electron chi connectivity index (χ3n) is 3.82. The Balaban J connectivity index is 2.27. The Morgan fingerprint density at radius 1 is 1.58 bits per heavy atom. The number of carboxylic acid groups (broad SMARTS) is 1. The molecule has 0 aliphatic heterocycles. The third kappa shape index (κ3) is 2.68. The van der Waals surface area contributed by atoms with Gasteiger partial charge in [0.25, 0.3) is 0 Å². The quantitative estimate of drug-likeness (QED) is 0.870. The zero-order valence-corrected chi connectivity index (χ0v) is 10.9. The van der Waals surface area contributed by atoms with Crippen LogP contribution in [0.4, 0.5) is 5.69 Å². The van der Waals surface area contributed by atoms with Gasteiger partial charge in [0.1, 0.15) is 11.6 Å². The van der Waals surface area contributed by atoms with Gasteiger partial charge >= 0.3 is 5.97 Å². The molecule has 1 heterocycles. The van der Waals surface area contributed by atoms with Crippen molar-refractivity contribution in [1.29, 1.82) is 5.26 Å². The lowest BCUT2D eigenvalue weighted by Crippen LogP contribution is -2.49. The minimum atomic E-state index is -0.971. The lowest BCUT2D eigenvalue weighted by atomic mass is 9.77. The largest absolute Gasteiger partial charge is 0.480 e. The molecule has 1 fully saturated rings. The smallest absolute Gasteiger partial charge is 0.329 e. The van der Waals surface area contributed by atoms with E-state index in [1.807, 2.05) is 6.07 Å². The van der Waals surface area contributed by atoms with E-state index in [2.05, 4.69) is 17.2 Å². The van der Waals surface area contributed by atoms with Crippen molar-refractivity contribution >= 4 is 11.7 Å². The molecule has 0 amide bonds. The Morgan fingerprint density at radius 2 is 2.26 bits per heavy atom. The molecule has 0 aromatic carbocycles. The van der Waals surface area contributed by atoms with E-state index in [1.54, 1.807) is 12.1 Å². The summed E-state index contributed by atoms with van der Waals surface area (Å²) in [6.45, 7) is 2.14.